The molecule has 1 aromatic heterocycles. The molecule has 0 spiro atoms. The van der Waals surface area contributed by atoms with E-state index in [-0.39, 0.29) is 18.2 Å². The van der Waals surface area contributed by atoms with Crippen LogP contribution in [0.5, 0.6) is 0 Å². The molecular formula is C20H19N3O5. The van der Waals surface area contributed by atoms with Crippen molar-refractivity contribution in [2.45, 2.75) is 25.3 Å². The number of anilines is 1. The van der Waals surface area contributed by atoms with E-state index in [0.29, 0.717) is 24.3 Å². The van der Waals surface area contributed by atoms with Gasteiger partial charge in [0.05, 0.1) is 12.8 Å². The van der Waals surface area contributed by atoms with E-state index in [1.807, 2.05) is 0 Å². The molecule has 1 aromatic carbocycles. The fourth-order valence-electron chi connectivity index (χ4n) is 3.55. The summed E-state index contributed by atoms with van der Waals surface area (Å²) in [5.41, 5.74) is -0.233. The minimum absolute atomic E-state index is 0.0654. The van der Waals surface area contributed by atoms with Crippen molar-refractivity contribution >= 4 is 29.3 Å². The van der Waals surface area contributed by atoms with Gasteiger partial charge in [-0.15, -0.1) is 0 Å². The van der Waals surface area contributed by atoms with Gasteiger partial charge in [0.25, 0.3) is 5.91 Å². The van der Waals surface area contributed by atoms with Crippen molar-refractivity contribution in [3.05, 3.63) is 54.0 Å². The topological polar surface area (TPSA) is 99.9 Å². The highest BCUT2D eigenvalue weighted by molar-refractivity contribution is 6.11. The van der Waals surface area contributed by atoms with E-state index in [1.165, 1.54) is 6.26 Å². The van der Waals surface area contributed by atoms with Crippen LogP contribution in [0.25, 0.3) is 0 Å². The molecule has 1 N–H and O–H groups in total. The van der Waals surface area contributed by atoms with Crippen LogP contribution in [0.15, 0.2) is 47.1 Å². The first-order valence-electron chi connectivity index (χ1n) is 9.02. The first kappa shape index (κ1) is 18.0. The lowest BCUT2D eigenvalue weighted by molar-refractivity contribution is -0.131. The third-order valence-corrected chi connectivity index (χ3v) is 5.17. The number of hydrogen-bond acceptors (Lipinski definition) is 5. The lowest BCUT2D eigenvalue weighted by Gasteiger charge is -2.19. The summed E-state index contributed by atoms with van der Waals surface area (Å²) >= 11 is 0. The smallest absolute Gasteiger partial charge is 0.325 e. The summed E-state index contributed by atoms with van der Waals surface area (Å²) in [5, 5.41) is 2.59. The first-order valence-corrected chi connectivity index (χ1v) is 9.02. The van der Waals surface area contributed by atoms with Crippen LogP contribution < -0.4 is 10.2 Å². The molecule has 8 heteroatoms. The maximum absolute atomic E-state index is 12.8. The molecule has 0 saturated carbocycles. The molecule has 2 fully saturated rings. The molecule has 2 aliphatic rings. The van der Waals surface area contributed by atoms with Crippen molar-refractivity contribution in [2.24, 2.45) is 0 Å². The average Bonchev–Trinajstić information content (AvgIpc) is 3.40. The van der Waals surface area contributed by atoms with Crippen molar-refractivity contribution in [3.63, 3.8) is 0 Å². The summed E-state index contributed by atoms with van der Waals surface area (Å²) in [6.07, 6.45) is 2.77. The minimum Gasteiger partial charge on any atom is -0.466 e. The van der Waals surface area contributed by atoms with Crippen LogP contribution in [0.2, 0.25) is 0 Å². The van der Waals surface area contributed by atoms with E-state index in [1.54, 1.807) is 48.2 Å². The van der Waals surface area contributed by atoms with Crippen LogP contribution in [-0.2, 0) is 15.1 Å². The average molecular weight is 381 g/mol. The molecule has 0 unspecified atom stereocenters. The Morgan fingerprint density at radius 2 is 1.93 bits per heavy atom. The molecule has 4 amide bonds. The SMILES string of the molecule is C[C@]1(c2ccco2)NC(=O)N(CC(=O)c2ccc(N3CCCC3=O)cc2)C1=O. The number of imide groups is 1. The van der Waals surface area contributed by atoms with Gasteiger partial charge in [-0.05, 0) is 49.7 Å². The highest BCUT2D eigenvalue weighted by Gasteiger charge is 2.51. The summed E-state index contributed by atoms with van der Waals surface area (Å²) in [7, 11) is 0. The predicted octanol–water partition coefficient (Wildman–Crippen LogP) is 2.06. The van der Waals surface area contributed by atoms with Crippen LogP contribution in [0, 0.1) is 0 Å². The number of benzene rings is 1. The third kappa shape index (κ3) is 2.87. The fraction of sp³-hybridized carbons (Fsp3) is 0.300. The maximum Gasteiger partial charge on any atom is 0.325 e. The molecule has 28 heavy (non-hydrogen) atoms. The minimum atomic E-state index is -1.33. The second kappa shape index (κ2) is 6.63. The summed E-state index contributed by atoms with van der Waals surface area (Å²) in [6, 6.07) is 9.20. The summed E-state index contributed by atoms with van der Waals surface area (Å²) in [5.74, 6) is -0.539. The molecule has 2 saturated heterocycles. The van der Waals surface area contributed by atoms with Gasteiger partial charge in [0.15, 0.2) is 11.3 Å². The monoisotopic (exact) mass is 381 g/mol. The van der Waals surface area contributed by atoms with Gasteiger partial charge in [-0.3, -0.25) is 19.3 Å². The van der Waals surface area contributed by atoms with Gasteiger partial charge in [-0.25, -0.2) is 4.79 Å². The lowest BCUT2D eigenvalue weighted by Crippen LogP contribution is -2.41. The fourth-order valence-corrected chi connectivity index (χ4v) is 3.55. The zero-order valence-corrected chi connectivity index (χ0v) is 15.3. The normalized spacial score (nSPS) is 22.1. The number of carbonyl (C=O) groups is 4. The standard InChI is InChI=1S/C20H19N3O5/c1-20(16-4-3-11-28-16)18(26)23(19(27)21-20)12-15(24)13-6-8-14(9-7-13)22-10-2-5-17(22)25/h3-4,6-9,11H,2,5,10,12H2,1H3,(H,21,27)/t20-/m1/s1. The molecular weight excluding hydrogens is 362 g/mol. The molecule has 1 atom stereocenters. The van der Waals surface area contributed by atoms with Gasteiger partial charge in [0.2, 0.25) is 5.91 Å². The number of hydrogen-bond donors (Lipinski definition) is 1. The Labute approximate surface area is 161 Å². The van der Waals surface area contributed by atoms with Gasteiger partial charge in [0.1, 0.15) is 5.76 Å². The summed E-state index contributed by atoms with van der Waals surface area (Å²) < 4.78 is 5.27. The number of urea groups is 1. The summed E-state index contributed by atoms with van der Waals surface area (Å²) in [4.78, 5) is 52.0. The van der Waals surface area contributed by atoms with Gasteiger partial charge < -0.3 is 14.6 Å². The first-order chi connectivity index (χ1) is 13.4. The number of Topliss-reactive ketones (excluding diaryl/α,β-unsaturated/α-hetero) is 1. The van der Waals surface area contributed by atoms with E-state index in [9.17, 15) is 19.2 Å². The summed E-state index contributed by atoms with van der Waals surface area (Å²) in [6.45, 7) is 1.83. The number of furan rings is 1. The molecule has 0 radical (unpaired) electrons. The molecule has 4 rings (SSSR count). The van der Waals surface area contributed by atoms with E-state index in [4.69, 9.17) is 4.42 Å². The second-order valence-corrected chi connectivity index (χ2v) is 7.04. The quantitative estimate of drug-likeness (QED) is 0.631. The maximum atomic E-state index is 12.8. The molecule has 8 nitrogen and oxygen atoms in total. The van der Waals surface area contributed by atoms with Crippen molar-refractivity contribution in [2.75, 3.05) is 18.0 Å². The van der Waals surface area contributed by atoms with Crippen LogP contribution in [-0.4, -0.2) is 41.6 Å². The Morgan fingerprint density at radius 3 is 2.54 bits per heavy atom. The molecule has 2 aliphatic heterocycles. The Kier molecular flexibility index (Phi) is 4.26. The van der Waals surface area contributed by atoms with Gasteiger partial charge in [0, 0.05) is 24.2 Å². The number of rotatable bonds is 5. The van der Waals surface area contributed by atoms with Gasteiger partial charge in [-0.2, -0.15) is 0 Å². The van der Waals surface area contributed by atoms with E-state index in [0.717, 1.165) is 17.0 Å². The number of amides is 4. The third-order valence-electron chi connectivity index (χ3n) is 5.17. The zero-order valence-electron chi connectivity index (χ0n) is 15.3. The lowest BCUT2D eigenvalue weighted by atomic mass is 9.99. The van der Waals surface area contributed by atoms with Gasteiger partial charge in [-0.1, -0.05) is 0 Å². The number of carbonyl (C=O) groups excluding carboxylic acids is 4. The predicted molar refractivity (Wildman–Crippen MR) is 98.7 cm³/mol. The Hall–Kier alpha value is -3.42. The molecule has 0 aliphatic carbocycles. The largest absolute Gasteiger partial charge is 0.466 e. The van der Waals surface area contributed by atoms with Crippen molar-refractivity contribution in [1.82, 2.24) is 10.2 Å². The molecule has 3 heterocycles. The Bertz CT molecular complexity index is 951. The van der Waals surface area contributed by atoms with E-state index >= 15 is 0 Å². The van der Waals surface area contributed by atoms with Gasteiger partial charge >= 0.3 is 6.03 Å². The van der Waals surface area contributed by atoms with Crippen LogP contribution in [0.3, 0.4) is 0 Å². The number of nitrogens with one attached hydrogen (secondary N) is 1. The van der Waals surface area contributed by atoms with Crippen LogP contribution in [0.4, 0.5) is 10.5 Å². The van der Waals surface area contributed by atoms with Crippen molar-refractivity contribution in [3.8, 4) is 0 Å². The van der Waals surface area contributed by atoms with Crippen LogP contribution in [0.1, 0.15) is 35.9 Å². The van der Waals surface area contributed by atoms with E-state index in [2.05, 4.69) is 5.32 Å². The highest BCUT2D eigenvalue weighted by Crippen LogP contribution is 2.29. The molecule has 2 aromatic rings. The second-order valence-electron chi connectivity index (χ2n) is 7.04. The van der Waals surface area contributed by atoms with Crippen molar-refractivity contribution in [1.29, 1.82) is 0 Å². The highest BCUT2D eigenvalue weighted by atomic mass is 16.3. The molecule has 0 bridgehead atoms. The number of nitrogens with zero attached hydrogens (tertiary/aromatic N) is 2. The molecule has 144 valence electrons. The Morgan fingerprint density at radius 1 is 1.18 bits per heavy atom. The number of ketones is 1. The zero-order chi connectivity index (χ0) is 19.9. The van der Waals surface area contributed by atoms with Crippen molar-refractivity contribution < 1.29 is 23.6 Å². The van der Waals surface area contributed by atoms with E-state index < -0.39 is 17.5 Å². The van der Waals surface area contributed by atoms with Crippen LogP contribution >= 0.6 is 0 Å². The Balaban J connectivity index is 1.48.